The van der Waals surface area contributed by atoms with E-state index in [0.29, 0.717) is 12.3 Å². The third-order valence-corrected chi connectivity index (χ3v) is 7.00. The number of aromatic nitrogens is 1. The molecule has 0 N–H and O–H groups in total. The van der Waals surface area contributed by atoms with Gasteiger partial charge in [0.25, 0.3) is 0 Å². The zero-order chi connectivity index (χ0) is 16.4. The number of hydrogen-bond donors (Lipinski definition) is 0. The molecule has 0 bridgehead atoms. The summed E-state index contributed by atoms with van der Waals surface area (Å²) in [6.07, 6.45) is 4.35. The third kappa shape index (κ3) is 3.24. The Morgan fingerprint density at radius 3 is 2.87 bits per heavy atom. The number of piperidine rings is 1. The van der Waals surface area contributed by atoms with Gasteiger partial charge < -0.3 is 4.74 Å². The highest BCUT2D eigenvalue weighted by atomic mass is 35.5. The fourth-order valence-corrected chi connectivity index (χ4v) is 5.64. The molecule has 1 aliphatic rings. The van der Waals surface area contributed by atoms with Crippen molar-refractivity contribution in [1.82, 2.24) is 9.29 Å². The molecule has 1 fully saturated rings. The Balaban J connectivity index is 1.98. The van der Waals surface area contributed by atoms with Crippen molar-refractivity contribution < 1.29 is 13.2 Å². The predicted molar refractivity (Wildman–Crippen MR) is 90.6 cm³/mol. The van der Waals surface area contributed by atoms with Gasteiger partial charge in [0, 0.05) is 18.1 Å². The van der Waals surface area contributed by atoms with Gasteiger partial charge in [0.15, 0.2) is 0 Å². The number of halogens is 1. The summed E-state index contributed by atoms with van der Waals surface area (Å²) < 4.78 is 32.7. The van der Waals surface area contributed by atoms with Crippen LogP contribution in [0.5, 0.6) is 5.75 Å². The van der Waals surface area contributed by atoms with Crippen molar-refractivity contribution in [2.24, 2.45) is 0 Å². The van der Waals surface area contributed by atoms with E-state index in [1.54, 1.807) is 16.6 Å². The molecule has 5 nitrogen and oxygen atoms in total. The van der Waals surface area contributed by atoms with Crippen molar-refractivity contribution in [2.75, 3.05) is 13.7 Å². The largest absolute Gasteiger partial charge is 0.495 e. The van der Waals surface area contributed by atoms with Crippen molar-refractivity contribution in [3.8, 4) is 5.75 Å². The Bertz CT molecular complexity index is 778. The van der Waals surface area contributed by atoms with Crippen LogP contribution in [-0.2, 0) is 10.0 Å². The Labute approximate surface area is 144 Å². The van der Waals surface area contributed by atoms with Crippen molar-refractivity contribution in [3.05, 3.63) is 39.8 Å². The average molecular weight is 373 g/mol. The molecule has 0 aliphatic carbocycles. The SMILES string of the molecule is COc1ccc(S(=O)(=O)N2CCCCC2c2nccs2)cc1Cl. The third-order valence-electron chi connectivity index (χ3n) is 3.92. The van der Waals surface area contributed by atoms with E-state index in [-0.39, 0.29) is 16.0 Å². The Morgan fingerprint density at radius 1 is 1.39 bits per heavy atom. The van der Waals surface area contributed by atoms with Crippen LogP contribution in [-0.4, -0.2) is 31.4 Å². The maximum atomic E-state index is 13.0. The topological polar surface area (TPSA) is 59.5 Å². The van der Waals surface area contributed by atoms with Crippen LogP contribution in [0.4, 0.5) is 0 Å². The van der Waals surface area contributed by atoms with Crippen LogP contribution in [0.3, 0.4) is 0 Å². The average Bonchev–Trinajstić information content (AvgIpc) is 3.09. The van der Waals surface area contributed by atoms with Crippen LogP contribution in [0.25, 0.3) is 0 Å². The summed E-state index contributed by atoms with van der Waals surface area (Å²) in [4.78, 5) is 4.50. The smallest absolute Gasteiger partial charge is 0.243 e. The van der Waals surface area contributed by atoms with E-state index in [4.69, 9.17) is 16.3 Å². The first-order valence-electron chi connectivity index (χ1n) is 7.29. The summed E-state index contributed by atoms with van der Waals surface area (Å²) in [7, 11) is -2.13. The van der Waals surface area contributed by atoms with Gasteiger partial charge in [-0.3, -0.25) is 0 Å². The van der Waals surface area contributed by atoms with Gasteiger partial charge >= 0.3 is 0 Å². The van der Waals surface area contributed by atoms with Crippen molar-refractivity contribution in [2.45, 2.75) is 30.2 Å². The lowest BCUT2D eigenvalue weighted by Gasteiger charge is -2.33. The second kappa shape index (κ2) is 6.76. The van der Waals surface area contributed by atoms with Gasteiger partial charge in [-0.15, -0.1) is 11.3 Å². The number of methoxy groups -OCH3 is 1. The molecule has 1 aromatic carbocycles. The minimum atomic E-state index is -3.62. The molecule has 0 spiro atoms. The standard InChI is InChI=1S/C15H17ClN2O3S2/c1-21-14-6-5-11(10-12(14)16)23(19,20)18-8-3-2-4-13(18)15-17-7-9-22-15/h5-7,9-10,13H,2-4,8H2,1H3. The number of ether oxygens (including phenoxy) is 1. The van der Waals surface area contributed by atoms with E-state index in [2.05, 4.69) is 4.98 Å². The molecule has 1 saturated heterocycles. The highest BCUT2D eigenvalue weighted by molar-refractivity contribution is 7.89. The minimum Gasteiger partial charge on any atom is -0.495 e. The van der Waals surface area contributed by atoms with E-state index < -0.39 is 10.0 Å². The fraction of sp³-hybridized carbons (Fsp3) is 0.400. The molecule has 0 amide bonds. The number of benzene rings is 1. The monoisotopic (exact) mass is 372 g/mol. The molecule has 1 unspecified atom stereocenters. The normalized spacial score (nSPS) is 19.7. The molecule has 2 heterocycles. The number of thiazole rings is 1. The number of hydrogen-bond acceptors (Lipinski definition) is 5. The molecule has 8 heteroatoms. The molecule has 124 valence electrons. The first kappa shape index (κ1) is 16.7. The van der Waals surface area contributed by atoms with Crippen molar-refractivity contribution in [1.29, 1.82) is 0 Å². The number of nitrogens with zero attached hydrogens (tertiary/aromatic N) is 2. The van der Waals surface area contributed by atoms with Crippen molar-refractivity contribution in [3.63, 3.8) is 0 Å². The summed E-state index contributed by atoms with van der Waals surface area (Å²) >= 11 is 7.58. The Hall–Kier alpha value is -1.15. The lowest BCUT2D eigenvalue weighted by Crippen LogP contribution is -2.38. The first-order valence-corrected chi connectivity index (χ1v) is 9.98. The molecule has 2 aromatic rings. The van der Waals surface area contributed by atoms with Crippen LogP contribution in [0.2, 0.25) is 5.02 Å². The molecule has 1 aromatic heterocycles. The predicted octanol–water partition coefficient (Wildman–Crippen LogP) is 3.72. The molecular formula is C15H17ClN2O3S2. The van der Waals surface area contributed by atoms with E-state index in [1.807, 2.05) is 5.38 Å². The summed E-state index contributed by atoms with van der Waals surface area (Å²) in [5.41, 5.74) is 0. The summed E-state index contributed by atoms with van der Waals surface area (Å²) in [6, 6.07) is 4.36. The minimum absolute atomic E-state index is 0.187. The van der Waals surface area contributed by atoms with Gasteiger partial charge in [0.1, 0.15) is 10.8 Å². The second-order valence-corrected chi connectivity index (χ2v) is 8.52. The van der Waals surface area contributed by atoms with E-state index >= 15 is 0 Å². The van der Waals surface area contributed by atoms with Crippen LogP contribution in [0, 0.1) is 0 Å². The van der Waals surface area contributed by atoms with Gasteiger partial charge in [-0.05, 0) is 31.0 Å². The van der Waals surface area contributed by atoms with Gasteiger partial charge in [-0.25, -0.2) is 13.4 Å². The molecule has 1 atom stereocenters. The maximum Gasteiger partial charge on any atom is 0.243 e. The van der Waals surface area contributed by atoms with E-state index in [9.17, 15) is 8.42 Å². The quantitative estimate of drug-likeness (QED) is 0.820. The first-order chi connectivity index (χ1) is 11.0. The Morgan fingerprint density at radius 2 is 2.22 bits per heavy atom. The second-order valence-electron chi connectivity index (χ2n) is 5.29. The summed E-state index contributed by atoms with van der Waals surface area (Å²) in [5.74, 6) is 0.459. The lowest BCUT2D eigenvalue weighted by atomic mass is 10.1. The van der Waals surface area contributed by atoms with Gasteiger partial charge in [0.05, 0.1) is 23.1 Å². The zero-order valence-electron chi connectivity index (χ0n) is 12.6. The highest BCUT2D eigenvalue weighted by Crippen LogP contribution is 2.37. The molecule has 0 radical (unpaired) electrons. The Kier molecular flexibility index (Phi) is 4.91. The summed E-state index contributed by atoms with van der Waals surface area (Å²) in [6.45, 7) is 0.496. The zero-order valence-corrected chi connectivity index (χ0v) is 15.0. The van der Waals surface area contributed by atoms with E-state index in [1.165, 1.54) is 30.6 Å². The van der Waals surface area contributed by atoms with Gasteiger partial charge in [0.2, 0.25) is 10.0 Å². The number of sulfonamides is 1. The van der Waals surface area contributed by atoms with Crippen LogP contribution in [0.15, 0.2) is 34.7 Å². The molecule has 0 saturated carbocycles. The molecule has 3 rings (SSSR count). The summed E-state index contributed by atoms with van der Waals surface area (Å²) in [5, 5.41) is 3.00. The van der Waals surface area contributed by atoms with Gasteiger partial charge in [-0.1, -0.05) is 18.0 Å². The maximum absolute atomic E-state index is 13.0. The molecular weight excluding hydrogens is 356 g/mol. The van der Waals surface area contributed by atoms with Crippen LogP contribution >= 0.6 is 22.9 Å². The van der Waals surface area contributed by atoms with E-state index in [0.717, 1.165) is 24.3 Å². The van der Waals surface area contributed by atoms with Gasteiger partial charge in [-0.2, -0.15) is 4.31 Å². The lowest BCUT2D eigenvalue weighted by molar-refractivity contribution is 0.255. The molecule has 23 heavy (non-hydrogen) atoms. The fourth-order valence-electron chi connectivity index (χ4n) is 2.78. The van der Waals surface area contributed by atoms with Crippen LogP contribution in [0.1, 0.15) is 30.3 Å². The number of rotatable bonds is 4. The van der Waals surface area contributed by atoms with Crippen LogP contribution < -0.4 is 4.74 Å². The van der Waals surface area contributed by atoms with Crippen molar-refractivity contribution >= 4 is 33.0 Å². The molecule has 1 aliphatic heterocycles. The highest BCUT2D eigenvalue weighted by Gasteiger charge is 2.35.